The number of halogens is 2. The third-order valence-electron chi connectivity index (χ3n) is 6.93. The number of alkyl halides is 1. The number of benzene rings is 1. The van der Waals surface area contributed by atoms with E-state index < -0.39 is 11.4 Å². The summed E-state index contributed by atoms with van der Waals surface area (Å²) in [4.78, 5) is 14.1. The number of esters is 1. The largest absolute Gasteiger partial charge is 0.461 e. The minimum atomic E-state index is -0.822. The molecule has 2 aromatic rings. The molecule has 1 heterocycles. The number of rotatable bonds is 12. The van der Waals surface area contributed by atoms with Crippen LogP contribution in [-0.4, -0.2) is 41.4 Å². The first-order valence-electron chi connectivity index (χ1n) is 12.1. The van der Waals surface area contributed by atoms with Gasteiger partial charge >= 0.3 is 5.97 Å². The van der Waals surface area contributed by atoms with Gasteiger partial charge in [0.25, 0.3) is 0 Å². The zero-order valence-corrected chi connectivity index (χ0v) is 22.4. The summed E-state index contributed by atoms with van der Waals surface area (Å²) >= 11 is 14.4. The second kappa shape index (κ2) is 12.7. The minimum Gasteiger partial charge on any atom is -0.461 e. The summed E-state index contributed by atoms with van der Waals surface area (Å²) in [5.41, 5.74) is 1.69. The molecular formula is C27H36Cl2O4S. The van der Waals surface area contributed by atoms with E-state index in [2.05, 4.69) is 19.1 Å². The summed E-state index contributed by atoms with van der Waals surface area (Å²) in [5, 5.41) is 19.7. The van der Waals surface area contributed by atoms with Crippen LogP contribution in [0.2, 0.25) is 5.02 Å². The van der Waals surface area contributed by atoms with Gasteiger partial charge in [-0.05, 0) is 99.1 Å². The van der Waals surface area contributed by atoms with Gasteiger partial charge in [0.05, 0.1) is 13.2 Å². The number of aliphatic hydroxyl groups is 2. The average molecular weight is 528 g/mol. The number of carbonyl (C=O) groups excluding carboxylic acids is 1. The van der Waals surface area contributed by atoms with E-state index in [0.717, 1.165) is 48.4 Å². The Bertz CT molecular complexity index is 920. The summed E-state index contributed by atoms with van der Waals surface area (Å²) < 4.78 is 5.31. The van der Waals surface area contributed by atoms with Gasteiger partial charge in [0.2, 0.25) is 0 Å². The number of hydrogen-bond acceptors (Lipinski definition) is 5. The van der Waals surface area contributed by atoms with E-state index in [0.29, 0.717) is 16.7 Å². The fourth-order valence-corrected chi connectivity index (χ4v) is 6.48. The molecule has 0 saturated heterocycles. The van der Waals surface area contributed by atoms with Gasteiger partial charge in [0.15, 0.2) is 0 Å². The van der Waals surface area contributed by atoms with Crippen LogP contribution in [0.4, 0.5) is 0 Å². The standard InChI is InChI=1S/C27H36Cl2O4S/c1-18-12-19(14-21(28)13-18)6-7-20-8-10-24(29)23(20)5-3-4-22-9-11-25(34-22)26(32)33-17-27(2,15-30)16-31/h9,11-14,20,23-24,30-31H,3-8,10,15-17H2,1-2H3/t20-,23+,24+/m0/s1. The van der Waals surface area contributed by atoms with Gasteiger partial charge in [0.1, 0.15) is 11.5 Å². The highest BCUT2D eigenvalue weighted by Crippen LogP contribution is 2.41. The second-order valence-corrected chi connectivity index (χ2v) is 12.2. The minimum absolute atomic E-state index is 0.0129. The summed E-state index contributed by atoms with van der Waals surface area (Å²) in [6.07, 6.45) is 7.51. The Morgan fingerprint density at radius 2 is 1.91 bits per heavy atom. The van der Waals surface area contributed by atoms with Crippen molar-refractivity contribution in [3.8, 4) is 0 Å². The molecule has 1 aromatic carbocycles. The fraction of sp³-hybridized carbons (Fsp3) is 0.593. The van der Waals surface area contributed by atoms with Crippen molar-refractivity contribution in [3.05, 3.63) is 56.2 Å². The van der Waals surface area contributed by atoms with Crippen molar-refractivity contribution in [2.75, 3.05) is 19.8 Å². The molecule has 3 atom stereocenters. The van der Waals surface area contributed by atoms with Crippen LogP contribution in [0.5, 0.6) is 0 Å². The molecule has 1 aliphatic rings. The first kappa shape index (κ1) is 27.5. The quantitative estimate of drug-likeness (QED) is 0.246. The van der Waals surface area contributed by atoms with Crippen molar-refractivity contribution in [2.45, 2.75) is 64.2 Å². The van der Waals surface area contributed by atoms with E-state index in [-0.39, 0.29) is 25.2 Å². The van der Waals surface area contributed by atoms with Gasteiger partial charge in [-0.25, -0.2) is 4.79 Å². The highest BCUT2D eigenvalue weighted by atomic mass is 35.5. The molecule has 0 bridgehead atoms. The third kappa shape index (κ3) is 7.69. The fourth-order valence-electron chi connectivity index (χ4n) is 4.77. The normalized spacial score (nSPS) is 20.6. The van der Waals surface area contributed by atoms with Gasteiger partial charge < -0.3 is 14.9 Å². The highest BCUT2D eigenvalue weighted by molar-refractivity contribution is 7.13. The van der Waals surface area contributed by atoms with Crippen molar-refractivity contribution < 1.29 is 19.7 Å². The van der Waals surface area contributed by atoms with Crippen molar-refractivity contribution >= 4 is 40.5 Å². The average Bonchev–Trinajstić information content (AvgIpc) is 3.42. The van der Waals surface area contributed by atoms with Gasteiger partial charge in [-0.2, -0.15) is 0 Å². The molecule has 34 heavy (non-hydrogen) atoms. The monoisotopic (exact) mass is 526 g/mol. The number of carbonyl (C=O) groups is 1. The van der Waals surface area contributed by atoms with Crippen LogP contribution < -0.4 is 0 Å². The Labute approximate surface area is 217 Å². The number of hydrogen-bond donors (Lipinski definition) is 2. The van der Waals surface area contributed by atoms with Gasteiger partial charge in [0, 0.05) is 20.7 Å². The molecule has 0 aliphatic heterocycles. The molecule has 0 radical (unpaired) electrons. The van der Waals surface area contributed by atoms with Crippen LogP contribution in [0.1, 0.15) is 64.7 Å². The lowest BCUT2D eigenvalue weighted by Crippen LogP contribution is -2.32. The van der Waals surface area contributed by atoms with E-state index in [1.54, 1.807) is 13.0 Å². The lowest BCUT2D eigenvalue weighted by atomic mass is 9.86. The van der Waals surface area contributed by atoms with Crippen molar-refractivity contribution in [1.29, 1.82) is 0 Å². The molecule has 0 unspecified atom stereocenters. The van der Waals surface area contributed by atoms with E-state index in [1.165, 1.54) is 28.9 Å². The van der Waals surface area contributed by atoms with E-state index in [1.807, 2.05) is 12.1 Å². The van der Waals surface area contributed by atoms with E-state index in [4.69, 9.17) is 27.9 Å². The van der Waals surface area contributed by atoms with E-state index in [9.17, 15) is 15.0 Å². The van der Waals surface area contributed by atoms with Gasteiger partial charge in [-0.15, -0.1) is 22.9 Å². The molecule has 0 spiro atoms. The second-order valence-electron chi connectivity index (χ2n) is 10.1. The highest BCUT2D eigenvalue weighted by Gasteiger charge is 2.34. The Kier molecular flexibility index (Phi) is 10.3. The first-order valence-corrected chi connectivity index (χ1v) is 13.7. The molecular weight excluding hydrogens is 491 g/mol. The van der Waals surface area contributed by atoms with Crippen LogP contribution in [0, 0.1) is 24.2 Å². The SMILES string of the molecule is Cc1cc(Cl)cc(CC[C@H]2CC[C@@H](Cl)[C@@H]2CCCc2ccc(C(=O)OCC(C)(CO)CO)s2)c1. The maximum atomic E-state index is 12.3. The maximum Gasteiger partial charge on any atom is 0.348 e. The molecule has 1 aromatic heterocycles. The predicted molar refractivity (Wildman–Crippen MR) is 140 cm³/mol. The molecule has 2 N–H and O–H groups in total. The Morgan fingerprint density at radius 3 is 2.62 bits per heavy atom. The number of aryl methyl sites for hydroxylation is 3. The van der Waals surface area contributed by atoms with Gasteiger partial charge in [-0.1, -0.05) is 24.6 Å². The lowest BCUT2D eigenvalue weighted by molar-refractivity contribution is -0.00596. The van der Waals surface area contributed by atoms with Gasteiger partial charge in [-0.3, -0.25) is 0 Å². The maximum absolute atomic E-state index is 12.3. The number of ether oxygens (including phenoxy) is 1. The van der Waals surface area contributed by atoms with Crippen LogP contribution in [0.15, 0.2) is 30.3 Å². The van der Waals surface area contributed by atoms with Crippen LogP contribution >= 0.6 is 34.5 Å². The van der Waals surface area contributed by atoms with E-state index >= 15 is 0 Å². The molecule has 188 valence electrons. The molecule has 1 saturated carbocycles. The lowest BCUT2D eigenvalue weighted by Gasteiger charge is -2.23. The van der Waals surface area contributed by atoms with Crippen molar-refractivity contribution in [2.24, 2.45) is 17.3 Å². The number of thiophene rings is 1. The predicted octanol–water partition coefficient (Wildman–Crippen LogP) is 6.45. The van der Waals surface area contributed by atoms with Crippen molar-refractivity contribution in [3.63, 3.8) is 0 Å². The topological polar surface area (TPSA) is 66.8 Å². The Morgan fingerprint density at radius 1 is 1.15 bits per heavy atom. The molecule has 4 nitrogen and oxygen atoms in total. The van der Waals surface area contributed by atoms with Crippen LogP contribution in [-0.2, 0) is 17.6 Å². The smallest absolute Gasteiger partial charge is 0.348 e. The zero-order valence-electron chi connectivity index (χ0n) is 20.1. The molecule has 7 heteroatoms. The van der Waals surface area contributed by atoms with Crippen molar-refractivity contribution in [1.82, 2.24) is 0 Å². The first-order chi connectivity index (χ1) is 16.2. The zero-order chi connectivity index (χ0) is 24.7. The molecule has 3 rings (SSSR count). The van der Waals surface area contributed by atoms with Crippen LogP contribution in [0.25, 0.3) is 0 Å². The molecule has 1 aliphatic carbocycles. The Balaban J connectivity index is 1.46. The summed E-state index contributed by atoms with van der Waals surface area (Å²) in [6, 6.07) is 10.1. The molecule has 0 amide bonds. The Hall–Kier alpha value is -1.11. The third-order valence-corrected chi connectivity index (χ3v) is 8.81. The van der Waals surface area contributed by atoms with Crippen LogP contribution in [0.3, 0.4) is 0 Å². The number of aliphatic hydroxyl groups excluding tert-OH is 2. The summed E-state index contributed by atoms with van der Waals surface area (Å²) in [6.45, 7) is 3.26. The molecule has 1 fully saturated rings. The summed E-state index contributed by atoms with van der Waals surface area (Å²) in [7, 11) is 0. The summed E-state index contributed by atoms with van der Waals surface area (Å²) in [5.74, 6) is 0.765.